The van der Waals surface area contributed by atoms with Crippen LogP contribution in [0.3, 0.4) is 0 Å². The smallest absolute Gasteiger partial charge is 0.276 e. The summed E-state index contributed by atoms with van der Waals surface area (Å²) >= 11 is 3.40. The van der Waals surface area contributed by atoms with Crippen LogP contribution < -0.4 is 5.32 Å². The maximum atomic E-state index is 12.9. The Hall–Kier alpha value is -3.18. The Labute approximate surface area is 178 Å². The standard InChI is InChI=1S/C24H20BrN3O/c1-16-7-9-18(10-8-16)23-15-21(24(29)26-20-13-11-19(25)12-14-20)27-28(23)22-6-4-3-5-17(22)2/h3-15H,1-2H3,(H,26,29). The molecule has 0 saturated heterocycles. The number of nitrogens with one attached hydrogen (secondary N) is 1. The van der Waals surface area contributed by atoms with Crippen LogP contribution in [0.1, 0.15) is 21.6 Å². The Morgan fingerprint density at radius 3 is 2.31 bits per heavy atom. The summed E-state index contributed by atoms with van der Waals surface area (Å²) in [4.78, 5) is 12.9. The van der Waals surface area contributed by atoms with Gasteiger partial charge in [0.15, 0.2) is 5.69 Å². The molecule has 0 atom stereocenters. The fourth-order valence-corrected chi connectivity index (χ4v) is 3.40. The molecule has 1 heterocycles. The van der Waals surface area contributed by atoms with E-state index in [4.69, 9.17) is 0 Å². The number of hydrogen-bond acceptors (Lipinski definition) is 2. The van der Waals surface area contributed by atoms with Crippen LogP contribution in [0.2, 0.25) is 0 Å². The van der Waals surface area contributed by atoms with Gasteiger partial charge in [-0.05, 0) is 55.8 Å². The Morgan fingerprint density at radius 2 is 1.62 bits per heavy atom. The molecular weight excluding hydrogens is 426 g/mol. The molecule has 0 aliphatic rings. The van der Waals surface area contributed by atoms with Gasteiger partial charge in [0.1, 0.15) is 0 Å². The van der Waals surface area contributed by atoms with Gasteiger partial charge in [0.05, 0.1) is 11.4 Å². The van der Waals surface area contributed by atoms with Crippen LogP contribution in [0.15, 0.2) is 83.3 Å². The fourth-order valence-electron chi connectivity index (χ4n) is 3.14. The van der Waals surface area contributed by atoms with Crippen molar-refractivity contribution in [3.63, 3.8) is 0 Å². The van der Waals surface area contributed by atoms with E-state index in [2.05, 4.69) is 57.5 Å². The van der Waals surface area contributed by atoms with Crippen molar-refractivity contribution in [3.05, 3.63) is 100 Å². The first kappa shape index (κ1) is 19.2. The summed E-state index contributed by atoms with van der Waals surface area (Å²) in [5.74, 6) is -0.243. The highest BCUT2D eigenvalue weighted by molar-refractivity contribution is 9.10. The summed E-state index contributed by atoms with van der Waals surface area (Å²) in [6.45, 7) is 4.09. The van der Waals surface area contributed by atoms with Gasteiger partial charge in [-0.2, -0.15) is 5.10 Å². The van der Waals surface area contributed by atoms with Crippen LogP contribution in [-0.4, -0.2) is 15.7 Å². The van der Waals surface area contributed by atoms with Crippen LogP contribution in [0, 0.1) is 13.8 Å². The Morgan fingerprint density at radius 1 is 0.931 bits per heavy atom. The molecule has 4 aromatic rings. The third-order valence-corrected chi connectivity index (χ3v) is 5.26. The molecule has 144 valence electrons. The summed E-state index contributed by atoms with van der Waals surface area (Å²) in [7, 11) is 0. The molecule has 1 N–H and O–H groups in total. The van der Waals surface area contributed by atoms with E-state index in [0.717, 1.165) is 32.7 Å². The molecule has 0 fully saturated rings. The van der Waals surface area contributed by atoms with Crippen molar-refractivity contribution in [2.45, 2.75) is 13.8 Å². The number of aromatic nitrogens is 2. The van der Waals surface area contributed by atoms with E-state index in [-0.39, 0.29) is 5.91 Å². The predicted molar refractivity (Wildman–Crippen MR) is 121 cm³/mol. The maximum absolute atomic E-state index is 12.9. The second-order valence-corrected chi connectivity index (χ2v) is 7.86. The van der Waals surface area contributed by atoms with E-state index >= 15 is 0 Å². The minimum Gasteiger partial charge on any atom is -0.321 e. The van der Waals surface area contributed by atoms with Crippen LogP contribution in [0.5, 0.6) is 0 Å². The molecule has 1 aromatic heterocycles. The summed E-state index contributed by atoms with van der Waals surface area (Å²) in [5, 5.41) is 7.57. The first-order chi connectivity index (χ1) is 14.0. The van der Waals surface area contributed by atoms with E-state index in [1.807, 2.05) is 66.2 Å². The quantitative estimate of drug-likeness (QED) is 0.408. The second kappa shape index (κ2) is 8.05. The summed E-state index contributed by atoms with van der Waals surface area (Å²) < 4.78 is 2.80. The lowest BCUT2D eigenvalue weighted by atomic mass is 10.1. The lowest BCUT2D eigenvalue weighted by molar-refractivity contribution is 0.102. The Kier molecular flexibility index (Phi) is 5.32. The summed E-state index contributed by atoms with van der Waals surface area (Å²) in [5.41, 5.74) is 6.19. The van der Waals surface area contributed by atoms with E-state index in [9.17, 15) is 4.79 Å². The molecule has 0 saturated carbocycles. The number of halogens is 1. The Balaban J connectivity index is 1.76. The van der Waals surface area contributed by atoms with E-state index in [1.165, 1.54) is 5.56 Å². The summed E-state index contributed by atoms with van der Waals surface area (Å²) in [6, 6.07) is 25.6. The zero-order valence-corrected chi connectivity index (χ0v) is 17.8. The van der Waals surface area contributed by atoms with Crippen molar-refractivity contribution in [1.82, 2.24) is 9.78 Å². The molecule has 0 aliphatic carbocycles. The maximum Gasteiger partial charge on any atom is 0.276 e. The third-order valence-electron chi connectivity index (χ3n) is 4.74. The highest BCUT2D eigenvalue weighted by Crippen LogP contribution is 2.26. The second-order valence-electron chi connectivity index (χ2n) is 6.94. The van der Waals surface area contributed by atoms with Gasteiger partial charge in [-0.25, -0.2) is 4.68 Å². The number of carbonyl (C=O) groups excluding carboxylic acids is 1. The molecular formula is C24H20BrN3O. The van der Waals surface area contributed by atoms with Gasteiger partial charge in [0.2, 0.25) is 0 Å². The van der Waals surface area contributed by atoms with Gasteiger partial charge in [-0.1, -0.05) is 64.0 Å². The normalized spacial score (nSPS) is 10.7. The third kappa shape index (κ3) is 4.15. The highest BCUT2D eigenvalue weighted by Gasteiger charge is 2.18. The van der Waals surface area contributed by atoms with Crippen molar-refractivity contribution < 1.29 is 4.79 Å². The number of carbonyl (C=O) groups is 1. The first-order valence-corrected chi connectivity index (χ1v) is 10.1. The number of nitrogens with zero attached hydrogens (tertiary/aromatic N) is 2. The molecule has 5 heteroatoms. The number of amides is 1. The average Bonchev–Trinajstić information content (AvgIpc) is 3.16. The predicted octanol–water partition coefficient (Wildman–Crippen LogP) is 6.17. The topological polar surface area (TPSA) is 46.9 Å². The SMILES string of the molecule is Cc1ccc(-c2cc(C(=O)Nc3ccc(Br)cc3)nn2-c2ccccc2C)cc1. The average molecular weight is 446 g/mol. The number of aryl methyl sites for hydroxylation is 2. The van der Waals surface area contributed by atoms with Gasteiger partial charge in [0, 0.05) is 15.7 Å². The van der Waals surface area contributed by atoms with Crippen LogP contribution >= 0.6 is 15.9 Å². The van der Waals surface area contributed by atoms with Crippen molar-refractivity contribution in [1.29, 1.82) is 0 Å². The molecule has 0 unspecified atom stereocenters. The molecule has 0 radical (unpaired) electrons. The van der Waals surface area contributed by atoms with Gasteiger partial charge >= 0.3 is 0 Å². The number of benzene rings is 3. The zero-order valence-electron chi connectivity index (χ0n) is 16.2. The van der Waals surface area contributed by atoms with Crippen molar-refractivity contribution in [3.8, 4) is 16.9 Å². The lowest BCUT2D eigenvalue weighted by Crippen LogP contribution is -2.13. The lowest BCUT2D eigenvalue weighted by Gasteiger charge is -2.10. The molecule has 4 rings (SSSR count). The Bertz CT molecular complexity index is 1160. The van der Waals surface area contributed by atoms with Crippen molar-refractivity contribution in [2.75, 3.05) is 5.32 Å². The minimum atomic E-state index is -0.243. The number of hydrogen-bond donors (Lipinski definition) is 1. The number of rotatable bonds is 4. The molecule has 29 heavy (non-hydrogen) atoms. The molecule has 0 bridgehead atoms. The van der Waals surface area contributed by atoms with Crippen LogP contribution in [0.4, 0.5) is 5.69 Å². The van der Waals surface area contributed by atoms with E-state index in [0.29, 0.717) is 5.69 Å². The number of para-hydroxylation sites is 1. The monoisotopic (exact) mass is 445 g/mol. The minimum absolute atomic E-state index is 0.243. The van der Waals surface area contributed by atoms with Gasteiger partial charge in [-0.3, -0.25) is 4.79 Å². The van der Waals surface area contributed by atoms with Crippen LogP contribution in [-0.2, 0) is 0 Å². The van der Waals surface area contributed by atoms with Gasteiger partial charge < -0.3 is 5.32 Å². The van der Waals surface area contributed by atoms with E-state index < -0.39 is 0 Å². The highest BCUT2D eigenvalue weighted by atomic mass is 79.9. The van der Waals surface area contributed by atoms with E-state index in [1.54, 1.807) is 0 Å². The van der Waals surface area contributed by atoms with Gasteiger partial charge in [0.25, 0.3) is 5.91 Å². The van der Waals surface area contributed by atoms with Crippen molar-refractivity contribution >= 4 is 27.5 Å². The molecule has 0 aliphatic heterocycles. The molecule has 4 nitrogen and oxygen atoms in total. The number of anilines is 1. The largest absolute Gasteiger partial charge is 0.321 e. The fraction of sp³-hybridized carbons (Fsp3) is 0.0833. The van der Waals surface area contributed by atoms with Crippen molar-refractivity contribution in [2.24, 2.45) is 0 Å². The van der Waals surface area contributed by atoms with Gasteiger partial charge in [-0.15, -0.1) is 0 Å². The molecule has 1 amide bonds. The molecule has 0 spiro atoms. The zero-order chi connectivity index (χ0) is 20.4. The first-order valence-electron chi connectivity index (χ1n) is 9.31. The van der Waals surface area contributed by atoms with Crippen LogP contribution in [0.25, 0.3) is 16.9 Å². The molecule has 3 aromatic carbocycles. The summed E-state index contributed by atoms with van der Waals surface area (Å²) in [6.07, 6.45) is 0.